The molecule has 20 heavy (non-hydrogen) atoms. The van der Waals surface area contributed by atoms with E-state index < -0.39 is 39.8 Å². The van der Waals surface area contributed by atoms with E-state index in [-0.39, 0.29) is 6.07 Å². The van der Waals surface area contributed by atoms with Crippen LogP contribution in [0.15, 0.2) is 6.07 Å². The van der Waals surface area contributed by atoms with Crippen LogP contribution in [0.3, 0.4) is 0 Å². The molecule has 0 atom stereocenters. The Kier molecular flexibility index (Phi) is 8.60. The fourth-order valence-corrected chi connectivity index (χ4v) is 1.02. The van der Waals surface area contributed by atoms with Crippen molar-refractivity contribution in [1.29, 1.82) is 0 Å². The van der Waals surface area contributed by atoms with Crippen molar-refractivity contribution in [3.63, 3.8) is 0 Å². The average Bonchev–Trinajstić information content (AvgIpc) is 2.36. The number of hydrogen-bond donors (Lipinski definition) is 0. The predicted octanol–water partition coefficient (Wildman–Crippen LogP) is 5.08. The van der Waals surface area contributed by atoms with Crippen LogP contribution in [-0.2, 0) is 6.18 Å². The van der Waals surface area contributed by atoms with Crippen LogP contribution < -0.4 is 0 Å². The minimum atomic E-state index is -5.56. The van der Waals surface area contributed by atoms with E-state index in [0.29, 0.717) is 0 Å². The van der Waals surface area contributed by atoms with E-state index in [1.54, 1.807) is 0 Å². The third-order valence-corrected chi connectivity index (χ3v) is 1.61. The zero-order valence-electron chi connectivity index (χ0n) is 11.1. The molecule has 0 aliphatic heterocycles. The monoisotopic (exact) mass is 305 g/mol. The molecule has 0 aliphatic carbocycles. The lowest BCUT2D eigenvalue weighted by Crippen LogP contribution is -2.14. The smallest absolute Gasteiger partial charge is 0.258 e. The summed E-state index contributed by atoms with van der Waals surface area (Å²) < 4.78 is 74.4. The van der Waals surface area contributed by atoms with Gasteiger partial charge in [0.05, 0.1) is 4.92 Å². The molecular weight excluding hydrogens is 292 g/mol. The van der Waals surface area contributed by atoms with Gasteiger partial charge in [0.15, 0.2) is 17.2 Å². The van der Waals surface area contributed by atoms with Crippen LogP contribution in [0.1, 0.15) is 33.3 Å². The molecule has 1 aromatic carbocycles. The number of halogens is 6. The summed E-state index contributed by atoms with van der Waals surface area (Å²) >= 11 is 0. The van der Waals surface area contributed by atoms with Gasteiger partial charge in [-0.3, -0.25) is 10.1 Å². The van der Waals surface area contributed by atoms with Crippen LogP contribution in [0, 0.1) is 27.6 Å². The van der Waals surface area contributed by atoms with Crippen LogP contribution in [0.25, 0.3) is 0 Å². The van der Waals surface area contributed by atoms with Crippen LogP contribution in [0.2, 0.25) is 0 Å². The number of hydrogen-bond acceptors (Lipinski definition) is 2. The highest BCUT2D eigenvalue weighted by molar-refractivity contribution is 5.44. The molecule has 0 unspecified atom stereocenters. The second kappa shape index (κ2) is 8.39. The quantitative estimate of drug-likeness (QED) is 0.314. The lowest BCUT2D eigenvalue weighted by Gasteiger charge is -2.09. The van der Waals surface area contributed by atoms with Gasteiger partial charge in [0.25, 0.3) is 0 Å². The Morgan fingerprint density at radius 2 is 1.40 bits per heavy atom. The lowest BCUT2D eigenvalue weighted by atomic mass is 10.1. The third-order valence-electron chi connectivity index (χ3n) is 1.61. The van der Waals surface area contributed by atoms with Gasteiger partial charge in [-0.2, -0.15) is 17.6 Å². The van der Waals surface area contributed by atoms with Crippen molar-refractivity contribution in [2.24, 2.45) is 0 Å². The highest BCUT2D eigenvalue weighted by Gasteiger charge is 2.45. The van der Waals surface area contributed by atoms with Crippen LogP contribution in [0.4, 0.5) is 32.0 Å². The van der Waals surface area contributed by atoms with Gasteiger partial charge >= 0.3 is 11.9 Å². The average molecular weight is 305 g/mol. The van der Waals surface area contributed by atoms with Gasteiger partial charge in [-0.25, -0.2) is 8.78 Å². The number of alkyl halides is 3. The molecule has 0 N–H and O–H groups in total. The van der Waals surface area contributed by atoms with Crippen molar-refractivity contribution in [2.75, 3.05) is 0 Å². The molecule has 1 rings (SSSR count). The summed E-state index contributed by atoms with van der Waals surface area (Å²) in [7, 11) is 0. The van der Waals surface area contributed by atoms with Gasteiger partial charge in [-0.15, -0.1) is 0 Å². The maximum Gasteiger partial charge on any atom is 0.426 e. The van der Waals surface area contributed by atoms with Gasteiger partial charge in [0.1, 0.15) is 0 Å². The maximum atomic E-state index is 12.7. The van der Waals surface area contributed by atoms with Crippen molar-refractivity contribution >= 4 is 5.69 Å². The first-order valence-electron chi connectivity index (χ1n) is 5.55. The molecule has 9 heteroatoms. The van der Waals surface area contributed by atoms with Crippen molar-refractivity contribution in [3.05, 3.63) is 39.2 Å². The van der Waals surface area contributed by atoms with Crippen molar-refractivity contribution in [1.82, 2.24) is 0 Å². The Labute approximate surface area is 111 Å². The van der Waals surface area contributed by atoms with Crippen molar-refractivity contribution in [2.45, 2.75) is 33.9 Å². The third kappa shape index (κ3) is 4.71. The summed E-state index contributed by atoms with van der Waals surface area (Å²) in [6.45, 7) is 8.00. The number of nitro groups is 1. The Morgan fingerprint density at radius 1 is 1.00 bits per heavy atom. The highest BCUT2D eigenvalue weighted by Crippen LogP contribution is 2.40. The van der Waals surface area contributed by atoms with Crippen LogP contribution in [-0.4, -0.2) is 4.92 Å². The van der Waals surface area contributed by atoms with Gasteiger partial charge in [-0.1, -0.05) is 27.7 Å². The fraction of sp³-hybridized carbons (Fsp3) is 0.455. The largest absolute Gasteiger partial charge is 0.426 e. The molecule has 0 bridgehead atoms. The number of benzene rings is 1. The topological polar surface area (TPSA) is 43.1 Å². The van der Waals surface area contributed by atoms with Gasteiger partial charge < -0.3 is 0 Å². The summed E-state index contributed by atoms with van der Waals surface area (Å²) in [6.07, 6.45) is -5.56. The van der Waals surface area contributed by atoms with E-state index in [2.05, 4.69) is 0 Å². The van der Waals surface area contributed by atoms with Crippen molar-refractivity contribution in [3.8, 4) is 0 Å². The van der Waals surface area contributed by atoms with Gasteiger partial charge in [0, 0.05) is 6.07 Å². The molecule has 0 aliphatic rings. The molecule has 3 nitrogen and oxygen atoms in total. The van der Waals surface area contributed by atoms with Crippen molar-refractivity contribution < 1.29 is 31.3 Å². The fourth-order valence-electron chi connectivity index (χ4n) is 1.02. The first-order chi connectivity index (χ1) is 9.16. The van der Waals surface area contributed by atoms with E-state index in [4.69, 9.17) is 0 Å². The summed E-state index contributed by atoms with van der Waals surface area (Å²) in [5.74, 6) is -6.73. The van der Waals surface area contributed by atoms with E-state index >= 15 is 0 Å². The Hall–Kier alpha value is -1.80. The molecule has 0 saturated heterocycles. The first kappa shape index (κ1) is 20.5. The van der Waals surface area contributed by atoms with E-state index in [9.17, 15) is 36.5 Å². The standard InChI is InChI=1S/C7HF6NO2.2C2H6/c8-2-1-3(9)6(14(15)16)4(5(2)10)7(11,12)13;2*1-2/h1H;2*1-2H3. The molecule has 0 fully saturated rings. The molecule has 1 aromatic rings. The van der Waals surface area contributed by atoms with E-state index in [1.165, 1.54) is 0 Å². The Morgan fingerprint density at radius 3 is 1.70 bits per heavy atom. The minimum Gasteiger partial charge on any atom is -0.258 e. The number of nitrogens with zero attached hydrogens (tertiary/aromatic N) is 1. The normalized spacial score (nSPS) is 9.90. The second-order valence-corrected chi connectivity index (χ2v) is 2.63. The summed E-state index contributed by atoms with van der Waals surface area (Å²) in [5.41, 5.74) is -4.69. The maximum absolute atomic E-state index is 12.7. The van der Waals surface area contributed by atoms with Crippen LogP contribution >= 0.6 is 0 Å². The zero-order valence-corrected chi connectivity index (χ0v) is 11.1. The Bertz CT molecular complexity index is 459. The number of rotatable bonds is 1. The molecule has 116 valence electrons. The first-order valence-corrected chi connectivity index (χ1v) is 5.55. The molecule has 0 spiro atoms. The molecule has 0 saturated carbocycles. The lowest BCUT2D eigenvalue weighted by molar-refractivity contribution is -0.391. The van der Waals surface area contributed by atoms with Crippen LogP contribution in [0.5, 0.6) is 0 Å². The minimum absolute atomic E-state index is 0.317. The molecule has 0 aromatic heterocycles. The number of nitro benzene ring substituents is 1. The molecule has 0 amide bonds. The van der Waals surface area contributed by atoms with Gasteiger partial charge in [0.2, 0.25) is 5.82 Å². The molecule has 0 radical (unpaired) electrons. The zero-order chi connectivity index (χ0) is 16.7. The summed E-state index contributed by atoms with van der Waals surface area (Å²) in [5, 5.41) is 10.1. The Balaban J connectivity index is 0. The predicted molar refractivity (Wildman–Crippen MR) is 60.7 cm³/mol. The van der Waals surface area contributed by atoms with E-state index in [0.717, 1.165) is 0 Å². The summed E-state index contributed by atoms with van der Waals surface area (Å²) in [4.78, 5) is 8.37. The second-order valence-electron chi connectivity index (χ2n) is 2.63. The summed E-state index contributed by atoms with van der Waals surface area (Å²) in [6, 6.07) is -0.317. The SMILES string of the molecule is CC.CC.O=[N+]([O-])c1c(F)cc(F)c(F)c1C(F)(F)F. The van der Waals surface area contributed by atoms with Gasteiger partial charge in [-0.05, 0) is 0 Å². The highest BCUT2D eigenvalue weighted by atomic mass is 19.4. The molecule has 0 heterocycles. The van der Waals surface area contributed by atoms with E-state index in [1.807, 2.05) is 27.7 Å². The molecular formula is C11H13F6NO2.